The minimum absolute atomic E-state index is 0.194. The molecule has 0 aliphatic rings. The normalized spacial score (nSPS) is 10.5. The van der Waals surface area contributed by atoms with Gasteiger partial charge in [0.05, 0.1) is 0 Å². The highest BCUT2D eigenvalue weighted by Crippen LogP contribution is 2.25. The number of halogens is 1. The van der Waals surface area contributed by atoms with E-state index >= 15 is 0 Å². The first-order chi connectivity index (χ1) is 8.20. The number of aryl methyl sites for hydroxylation is 1. The summed E-state index contributed by atoms with van der Waals surface area (Å²) in [6.07, 6.45) is 0. The molecule has 0 heterocycles. The molecule has 2 heteroatoms. The second-order valence-corrected chi connectivity index (χ2v) is 4.20. The van der Waals surface area contributed by atoms with Gasteiger partial charge in [0.25, 0.3) is 0 Å². The standard InChI is InChI=1S/C15H16FN/c1-11-3-5-12(6-4-11)15-9-14(16)8-7-13(15)10-17-2/h3-9,17H,10H2,1-2H3. The van der Waals surface area contributed by atoms with Gasteiger partial charge < -0.3 is 5.32 Å². The minimum atomic E-state index is -0.194. The summed E-state index contributed by atoms with van der Waals surface area (Å²) in [4.78, 5) is 0. The molecule has 2 rings (SSSR count). The van der Waals surface area contributed by atoms with Crippen LogP contribution in [-0.2, 0) is 6.54 Å². The van der Waals surface area contributed by atoms with Gasteiger partial charge in [-0.2, -0.15) is 0 Å². The first-order valence-electron chi connectivity index (χ1n) is 5.71. The van der Waals surface area contributed by atoms with Gasteiger partial charge in [0.1, 0.15) is 5.82 Å². The highest BCUT2D eigenvalue weighted by atomic mass is 19.1. The summed E-state index contributed by atoms with van der Waals surface area (Å²) in [6, 6.07) is 13.1. The molecule has 0 aliphatic heterocycles. The van der Waals surface area contributed by atoms with E-state index in [0.717, 1.165) is 23.2 Å². The van der Waals surface area contributed by atoms with E-state index in [9.17, 15) is 4.39 Å². The molecule has 88 valence electrons. The summed E-state index contributed by atoms with van der Waals surface area (Å²) in [5.41, 5.74) is 4.33. The first kappa shape index (κ1) is 11.8. The van der Waals surface area contributed by atoms with Crippen LogP contribution in [0, 0.1) is 12.7 Å². The van der Waals surface area contributed by atoms with E-state index in [1.165, 1.54) is 11.6 Å². The molecule has 0 spiro atoms. The zero-order chi connectivity index (χ0) is 12.3. The lowest BCUT2D eigenvalue weighted by atomic mass is 9.98. The van der Waals surface area contributed by atoms with Crippen LogP contribution in [0.5, 0.6) is 0 Å². The van der Waals surface area contributed by atoms with E-state index in [0.29, 0.717) is 0 Å². The number of hydrogen-bond acceptors (Lipinski definition) is 1. The topological polar surface area (TPSA) is 12.0 Å². The third-order valence-electron chi connectivity index (χ3n) is 2.80. The molecule has 0 unspecified atom stereocenters. The van der Waals surface area contributed by atoms with Crippen molar-refractivity contribution in [2.45, 2.75) is 13.5 Å². The lowest BCUT2D eigenvalue weighted by molar-refractivity contribution is 0.627. The lowest BCUT2D eigenvalue weighted by Gasteiger charge is -2.10. The molecule has 0 amide bonds. The SMILES string of the molecule is CNCc1ccc(F)cc1-c1ccc(C)cc1. The predicted octanol–water partition coefficient (Wildman–Crippen LogP) is 3.52. The molecule has 2 aromatic carbocycles. The van der Waals surface area contributed by atoms with Crippen molar-refractivity contribution in [2.75, 3.05) is 7.05 Å². The minimum Gasteiger partial charge on any atom is -0.316 e. The maximum Gasteiger partial charge on any atom is 0.123 e. The van der Waals surface area contributed by atoms with Gasteiger partial charge >= 0.3 is 0 Å². The van der Waals surface area contributed by atoms with E-state index in [4.69, 9.17) is 0 Å². The molecule has 0 atom stereocenters. The van der Waals surface area contributed by atoms with E-state index in [1.54, 1.807) is 6.07 Å². The van der Waals surface area contributed by atoms with Gasteiger partial charge in [-0.05, 0) is 42.8 Å². The molecule has 0 aromatic heterocycles. The Morgan fingerprint density at radius 2 is 1.76 bits per heavy atom. The van der Waals surface area contributed by atoms with Crippen molar-refractivity contribution in [2.24, 2.45) is 0 Å². The van der Waals surface area contributed by atoms with Gasteiger partial charge in [-0.1, -0.05) is 35.9 Å². The van der Waals surface area contributed by atoms with Crippen LogP contribution < -0.4 is 5.32 Å². The highest BCUT2D eigenvalue weighted by Gasteiger charge is 2.05. The van der Waals surface area contributed by atoms with Crippen molar-refractivity contribution in [3.8, 4) is 11.1 Å². The largest absolute Gasteiger partial charge is 0.316 e. The molecule has 0 bridgehead atoms. The zero-order valence-corrected chi connectivity index (χ0v) is 10.1. The Bertz CT molecular complexity index is 503. The maximum absolute atomic E-state index is 13.3. The Morgan fingerprint density at radius 3 is 2.41 bits per heavy atom. The Labute approximate surface area is 101 Å². The summed E-state index contributed by atoms with van der Waals surface area (Å²) in [6.45, 7) is 2.79. The van der Waals surface area contributed by atoms with Crippen molar-refractivity contribution >= 4 is 0 Å². The zero-order valence-electron chi connectivity index (χ0n) is 10.1. The molecule has 0 saturated carbocycles. The molecule has 1 nitrogen and oxygen atoms in total. The Balaban J connectivity index is 2.48. The van der Waals surface area contributed by atoms with Crippen LogP contribution in [0.2, 0.25) is 0 Å². The fourth-order valence-corrected chi connectivity index (χ4v) is 1.90. The molecular weight excluding hydrogens is 213 g/mol. The van der Waals surface area contributed by atoms with Crippen LogP contribution in [0.15, 0.2) is 42.5 Å². The molecule has 0 saturated heterocycles. The van der Waals surface area contributed by atoms with Crippen LogP contribution >= 0.6 is 0 Å². The second-order valence-electron chi connectivity index (χ2n) is 4.20. The fourth-order valence-electron chi connectivity index (χ4n) is 1.90. The van der Waals surface area contributed by atoms with Crippen molar-refractivity contribution in [1.82, 2.24) is 5.32 Å². The first-order valence-corrected chi connectivity index (χ1v) is 5.71. The highest BCUT2D eigenvalue weighted by molar-refractivity contribution is 5.67. The molecule has 0 fully saturated rings. The Kier molecular flexibility index (Phi) is 3.55. The molecule has 0 aliphatic carbocycles. The van der Waals surface area contributed by atoms with E-state index in [1.807, 2.05) is 44.3 Å². The number of rotatable bonds is 3. The monoisotopic (exact) mass is 229 g/mol. The van der Waals surface area contributed by atoms with Crippen molar-refractivity contribution in [3.63, 3.8) is 0 Å². The van der Waals surface area contributed by atoms with E-state index in [2.05, 4.69) is 5.32 Å². The third kappa shape index (κ3) is 2.71. The van der Waals surface area contributed by atoms with Crippen LogP contribution in [-0.4, -0.2) is 7.05 Å². The predicted molar refractivity (Wildman–Crippen MR) is 69.3 cm³/mol. The average Bonchev–Trinajstić information content (AvgIpc) is 2.33. The van der Waals surface area contributed by atoms with Crippen LogP contribution in [0.3, 0.4) is 0 Å². The van der Waals surface area contributed by atoms with E-state index < -0.39 is 0 Å². The lowest BCUT2D eigenvalue weighted by Crippen LogP contribution is -2.06. The Hall–Kier alpha value is -1.67. The molecular formula is C15H16FN. The smallest absolute Gasteiger partial charge is 0.123 e. The number of nitrogens with one attached hydrogen (secondary N) is 1. The molecule has 2 aromatic rings. The summed E-state index contributed by atoms with van der Waals surface area (Å²) < 4.78 is 13.3. The van der Waals surface area contributed by atoms with Gasteiger partial charge in [-0.3, -0.25) is 0 Å². The van der Waals surface area contributed by atoms with Gasteiger partial charge in [0, 0.05) is 6.54 Å². The van der Waals surface area contributed by atoms with Gasteiger partial charge in [0.2, 0.25) is 0 Å². The maximum atomic E-state index is 13.3. The van der Waals surface area contributed by atoms with Gasteiger partial charge in [-0.25, -0.2) is 4.39 Å². The van der Waals surface area contributed by atoms with Gasteiger partial charge in [-0.15, -0.1) is 0 Å². The van der Waals surface area contributed by atoms with Crippen LogP contribution in [0.1, 0.15) is 11.1 Å². The van der Waals surface area contributed by atoms with E-state index in [-0.39, 0.29) is 5.82 Å². The summed E-state index contributed by atoms with van der Waals surface area (Å²) >= 11 is 0. The van der Waals surface area contributed by atoms with Crippen LogP contribution in [0.4, 0.5) is 4.39 Å². The van der Waals surface area contributed by atoms with Crippen LogP contribution in [0.25, 0.3) is 11.1 Å². The molecule has 0 radical (unpaired) electrons. The number of benzene rings is 2. The molecule has 17 heavy (non-hydrogen) atoms. The van der Waals surface area contributed by atoms with Crippen molar-refractivity contribution in [1.29, 1.82) is 0 Å². The summed E-state index contributed by atoms with van der Waals surface area (Å²) in [5.74, 6) is -0.194. The molecule has 1 N–H and O–H groups in total. The summed E-state index contributed by atoms with van der Waals surface area (Å²) in [5, 5.41) is 3.10. The quantitative estimate of drug-likeness (QED) is 0.849. The van der Waals surface area contributed by atoms with Crippen molar-refractivity contribution in [3.05, 3.63) is 59.4 Å². The Morgan fingerprint density at radius 1 is 1.06 bits per heavy atom. The van der Waals surface area contributed by atoms with Gasteiger partial charge in [0.15, 0.2) is 0 Å². The second kappa shape index (κ2) is 5.11. The average molecular weight is 229 g/mol. The number of hydrogen-bond donors (Lipinski definition) is 1. The third-order valence-corrected chi connectivity index (χ3v) is 2.80. The van der Waals surface area contributed by atoms with Crippen molar-refractivity contribution < 1.29 is 4.39 Å². The fraction of sp³-hybridized carbons (Fsp3) is 0.200. The summed E-state index contributed by atoms with van der Waals surface area (Å²) in [7, 11) is 1.89.